The maximum atomic E-state index is 12.0. The highest BCUT2D eigenvalue weighted by atomic mass is 16.5. The van der Waals surface area contributed by atoms with Gasteiger partial charge in [-0.2, -0.15) is 5.10 Å². The lowest BCUT2D eigenvalue weighted by Gasteiger charge is -2.29. The van der Waals surface area contributed by atoms with Crippen LogP contribution in [0.1, 0.15) is 5.56 Å². The third-order valence-electron chi connectivity index (χ3n) is 3.64. The summed E-state index contributed by atoms with van der Waals surface area (Å²) >= 11 is 0. The third kappa shape index (κ3) is 4.20. The second-order valence-electron chi connectivity index (χ2n) is 5.42. The molecule has 0 radical (unpaired) electrons. The number of anilines is 2. The Morgan fingerprint density at radius 3 is 2.91 bits per heavy atom. The molecule has 1 aromatic carbocycles. The minimum atomic E-state index is -0.159. The van der Waals surface area contributed by atoms with Gasteiger partial charge in [-0.15, -0.1) is 0 Å². The molecule has 0 saturated carbocycles. The predicted molar refractivity (Wildman–Crippen MR) is 90.3 cm³/mol. The van der Waals surface area contributed by atoms with Crippen LogP contribution in [0.15, 0.2) is 42.7 Å². The number of carbonyl (C=O) groups excluding carboxylic acids is 1. The maximum absolute atomic E-state index is 12.0. The van der Waals surface area contributed by atoms with Gasteiger partial charge in [-0.1, -0.05) is 6.07 Å². The molecule has 1 fully saturated rings. The first-order chi connectivity index (χ1) is 11.2. The van der Waals surface area contributed by atoms with E-state index in [0.717, 1.165) is 43.2 Å². The van der Waals surface area contributed by atoms with Gasteiger partial charge in [0.25, 0.3) is 0 Å². The number of nitrogens with one attached hydrogen (secondary N) is 1. The van der Waals surface area contributed by atoms with Crippen molar-refractivity contribution in [3.8, 4) is 0 Å². The fourth-order valence-corrected chi connectivity index (χ4v) is 2.48. The SMILES string of the molecule is Cn1cc(C=CC(=O)Nc2cccc(N3CCOCC3)c2)cn1. The van der Waals surface area contributed by atoms with Crippen LogP contribution in [0.5, 0.6) is 0 Å². The highest BCUT2D eigenvalue weighted by Crippen LogP contribution is 2.20. The molecule has 1 aromatic heterocycles. The van der Waals surface area contributed by atoms with Crippen molar-refractivity contribution >= 4 is 23.4 Å². The third-order valence-corrected chi connectivity index (χ3v) is 3.64. The van der Waals surface area contributed by atoms with E-state index in [-0.39, 0.29) is 5.91 Å². The zero-order valence-electron chi connectivity index (χ0n) is 13.1. The van der Waals surface area contributed by atoms with Gasteiger partial charge in [-0.05, 0) is 24.3 Å². The van der Waals surface area contributed by atoms with Gasteiger partial charge in [0.15, 0.2) is 0 Å². The van der Waals surface area contributed by atoms with Gasteiger partial charge in [0.1, 0.15) is 0 Å². The molecule has 1 aliphatic heterocycles. The van der Waals surface area contributed by atoms with Crippen LogP contribution in [-0.4, -0.2) is 42.0 Å². The highest BCUT2D eigenvalue weighted by Gasteiger charge is 2.11. The number of hydrogen-bond acceptors (Lipinski definition) is 4. The van der Waals surface area contributed by atoms with E-state index in [9.17, 15) is 4.79 Å². The maximum Gasteiger partial charge on any atom is 0.248 e. The number of benzene rings is 1. The standard InChI is InChI=1S/C17H20N4O2/c1-20-13-14(12-18-20)5-6-17(22)19-15-3-2-4-16(11-15)21-7-9-23-10-8-21/h2-6,11-13H,7-10H2,1H3,(H,19,22). The second-order valence-corrected chi connectivity index (χ2v) is 5.42. The summed E-state index contributed by atoms with van der Waals surface area (Å²) in [6.45, 7) is 3.23. The molecule has 2 aromatic rings. The first-order valence-electron chi connectivity index (χ1n) is 7.61. The number of rotatable bonds is 4. The fourth-order valence-electron chi connectivity index (χ4n) is 2.48. The predicted octanol–water partition coefficient (Wildman–Crippen LogP) is 1.91. The van der Waals surface area contributed by atoms with Crippen LogP contribution in [0.25, 0.3) is 6.08 Å². The van der Waals surface area contributed by atoms with Gasteiger partial charge >= 0.3 is 0 Å². The molecule has 0 spiro atoms. The molecule has 2 heterocycles. The van der Waals surface area contributed by atoms with Crippen molar-refractivity contribution in [3.63, 3.8) is 0 Å². The van der Waals surface area contributed by atoms with E-state index in [1.165, 1.54) is 6.08 Å². The van der Waals surface area contributed by atoms with Gasteiger partial charge in [-0.25, -0.2) is 0 Å². The number of hydrogen-bond donors (Lipinski definition) is 1. The van der Waals surface area contributed by atoms with Crippen molar-refractivity contribution in [2.45, 2.75) is 0 Å². The number of amides is 1. The van der Waals surface area contributed by atoms with Crippen LogP contribution in [0.3, 0.4) is 0 Å². The minimum absolute atomic E-state index is 0.159. The molecule has 1 amide bonds. The number of aryl methyl sites for hydroxylation is 1. The van der Waals surface area contributed by atoms with Crippen molar-refractivity contribution in [2.75, 3.05) is 36.5 Å². The molecule has 1 aliphatic rings. The Morgan fingerprint density at radius 1 is 1.35 bits per heavy atom. The normalized spacial score (nSPS) is 15.1. The van der Waals surface area contributed by atoms with E-state index < -0.39 is 0 Å². The van der Waals surface area contributed by atoms with Gasteiger partial charge in [0.05, 0.1) is 19.4 Å². The lowest BCUT2D eigenvalue weighted by atomic mass is 10.2. The van der Waals surface area contributed by atoms with Gasteiger partial charge in [-0.3, -0.25) is 9.48 Å². The number of nitrogens with zero attached hydrogens (tertiary/aromatic N) is 3. The van der Waals surface area contributed by atoms with Crippen LogP contribution >= 0.6 is 0 Å². The van der Waals surface area contributed by atoms with Crippen molar-refractivity contribution in [2.24, 2.45) is 7.05 Å². The Bertz CT molecular complexity index is 702. The molecule has 6 heteroatoms. The van der Waals surface area contributed by atoms with Gasteiger partial charge in [0.2, 0.25) is 5.91 Å². The van der Waals surface area contributed by atoms with Crippen molar-refractivity contribution in [3.05, 3.63) is 48.3 Å². The van der Waals surface area contributed by atoms with Crippen LogP contribution in [0.2, 0.25) is 0 Å². The average Bonchev–Trinajstić information content (AvgIpc) is 3.00. The van der Waals surface area contributed by atoms with Crippen LogP contribution in [0.4, 0.5) is 11.4 Å². The number of aromatic nitrogens is 2. The molecular formula is C17H20N4O2. The summed E-state index contributed by atoms with van der Waals surface area (Å²) in [5.41, 5.74) is 2.78. The lowest BCUT2D eigenvalue weighted by molar-refractivity contribution is -0.111. The first-order valence-corrected chi connectivity index (χ1v) is 7.61. The van der Waals surface area contributed by atoms with E-state index >= 15 is 0 Å². The molecule has 0 aliphatic carbocycles. The molecule has 1 N–H and O–H groups in total. The van der Waals surface area contributed by atoms with Crippen LogP contribution in [-0.2, 0) is 16.6 Å². The molecule has 0 atom stereocenters. The Kier molecular flexibility index (Phi) is 4.73. The molecule has 120 valence electrons. The molecule has 3 rings (SSSR count). The fraction of sp³-hybridized carbons (Fsp3) is 0.294. The van der Waals surface area contributed by atoms with Gasteiger partial charge < -0.3 is 15.0 Å². The number of morpholine rings is 1. The Balaban J connectivity index is 1.63. The lowest BCUT2D eigenvalue weighted by Crippen LogP contribution is -2.36. The Labute approximate surface area is 135 Å². The van der Waals surface area contributed by atoms with Crippen LogP contribution in [0, 0.1) is 0 Å². The highest BCUT2D eigenvalue weighted by molar-refractivity contribution is 6.02. The van der Waals surface area contributed by atoms with E-state index in [1.54, 1.807) is 17.0 Å². The summed E-state index contributed by atoms with van der Waals surface area (Å²) in [5, 5.41) is 6.95. The van der Waals surface area contributed by atoms with Gasteiger partial charge in [0, 0.05) is 49.3 Å². The molecular weight excluding hydrogens is 292 g/mol. The summed E-state index contributed by atoms with van der Waals surface area (Å²) in [4.78, 5) is 14.3. The summed E-state index contributed by atoms with van der Waals surface area (Å²) < 4.78 is 7.06. The number of carbonyl (C=O) groups is 1. The quantitative estimate of drug-likeness (QED) is 0.876. The molecule has 6 nitrogen and oxygen atoms in total. The smallest absolute Gasteiger partial charge is 0.248 e. The van der Waals surface area contributed by atoms with Crippen molar-refractivity contribution < 1.29 is 9.53 Å². The first kappa shape index (κ1) is 15.3. The average molecular weight is 312 g/mol. The number of ether oxygens (including phenoxy) is 1. The Hall–Kier alpha value is -2.60. The van der Waals surface area contributed by atoms with E-state index in [4.69, 9.17) is 4.74 Å². The van der Waals surface area contributed by atoms with E-state index in [0.29, 0.717) is 0 Å². The summed E-state index contributed by atoms with van der Waals surface area (Å²) in [6, 6.07) is 7.87. The van der Waals surface area contributed by atoms with Crippen molar-refractivity contribution in [1.82, 2.24) is 9.78 Å². The molecule has 1 saturated heterocycles. The van der Waals surface area contributed by atoms with Crippen LogP contribution < -0.4 is 10.2 Å². The molecule has 0 unspecified atom stereocenters. The minimum Gasteiger partial charge on any atom is -0.378 e. The second kappa shape index (κ2) is 7.11. The Morgan fingerprint density at radius 2 is 2.17 bits per heavy atom. The molecule has 23 heavy (non-hydrogen) atoms. The topological polar surface area (TPSA) is 59.4 Å². The summed E-state index contributed by atoms with van der Waals surface area (Å²) in [7, 11) is 1.84. The van der Waals surface area contributed by atoms with E-state index in [1.807, 2.05) is 37.5 Å². The van der Waals surface area contributed by atoms with Crippen molar-refractivity contribution in [1.29, 1.82) is 0 Å². The largest absolute Gasteiger partial charge is 0.378 e. The summed E-state index contributed by atoms with van der Waals surface area (Å²) in [5.74, 6) is -0.159. The molecule has 0 bridgehead atoms. The summed E-state index contributed by atoms with van der Waals surface area (Å²) in [6.07, 6.45) is 6.82. The zero-order valence-corrected chi connectivity index (χ0v) is 13.1. The van der Waals surface area contributed by atoms with E-state index in [2.05, 4.69) is 15.3 Å². The zero-order chi connectivity index (χ0) is 16.1. The monoisotopic (exact) mass is 312 g/mol.